The first-order chi connectivity index (χ1) is 9.01. The standard InChI is InChI=1S/C14H16ClN3O/c1-4-12-17-13(16)9(3)14(18-12)19-11-6-5-10(15)7-8(11)2/h5-7H,4H2,1-3H3,(H2,16,17,18). The molecule has 0 atom stereocenters. The molecule has 4 nitrogen and oxygen atoms in total. The van der Waals surface area contributed by atoms with Crippen molar-refractivity contribution in [2.45, 2.75) is 27.2 Å². The van der Waals surface area contributed by atoms with E-state index >= 15 is 0 Å². The van der Waals surface area contributed by atoms with E-state index in [2.05, 4.69) is 9.97 Å². The third-order valence-corrected chi connectivity index (χ3v) is 3.08. The van der Waals surface area contributed by atoms with E-state index in [-0.39, 0.29) is 0 Å². The van der Waals surface area contributed by atoms with Crippen molar-refractivity contribution in [3.63, 3.8) is 0 Å². The molecule has 1 aromatic heterocycles. The van der Waals surface area contributed by atoms with Gasteiger partial charge in [-0.1, -0.05) is 18.5 Å². The van der Waals surface area contributed by atoms with Gasteiger partial charge >= 0.3 is 0 Å². The summed E-state index contributed by atoms with van der Waals surface area (Å²) in [6.07, 6.45) is 0.709. The van der Waals surface area contributed by atoms with Crippen LogP contribution >= 0.6 is 11.6 Å². The van der Waals surface area contributed by atoms with E-state index in [1.54, 1.807) is 6.07 Å². The van der Waals surface area contributed by atoms with Gasteiger partial charge in [0.1, 0.15) is 17.4 Å². The smallest absolute Gasteiger partial charge is 0.227 e. The zero-order valence-electron chi connectivity index (χ0n) is 11.2. The molecular weight excluding hydrogens is 262 g/mol. The maximum Gasteiger partial charge on any atom is 0.227 e. The van der Waals surface area contributed by atoms with Crippen LogP contribution in [0, 0.1) is 13.8 Å². The molecule has 0 radical (unpaired) electrons. The number of aromatic nitrogens is 2. The number of aryl methyl sites for hydroxylation is 2. The first kappa shape index (κ1) is 13.6. The Balaban J connectivity index is 2.40. The van der Waals surface area contributed by atoms with E-state index in [0.29, 0.717) is 34.7 Å². The Morgan fingerprint density at radius 2 is 2.00 bits per heavy atom. The first-order valence-electron chi connectivity index (χ1n) is 6.08. The van der Waals surface area contributed by atoms with Crippen molar-refractivity contribution in [3.8, 4) is 11.6 Å². The van der Waals surface area contributed by atoms with Crippen molar-refractivity contribution in [2.24, 2.45) is 0 Å². The number of nitrogen functional groups attached to an aromatic ring is 1. The van der Waals surface area contributed by atoms with Crippen LogP contribution in [0.5, 0.6) is 11.6 Å². The Labute approximate surface area is 117 Å². The lowest BCUT2D eigenvalue weighted by molar-refractivity contribution is 0.452. The summed E-state index contributed by atoms with van der Waals surface area (Å²) in [4.78, 5) is 8.56. The summed E-state index contributed by atoms with van der Waals surface area (Å²) in [5, 5.41) is 0.679. The van der Waals surface area contributed by atoms with E-state index in [0.717, 1.165) is 11.1 Å². The molecule has 0 amide bonds. The zero-order chi connectivity index (χ0) is 14.0. The second-order valence-corrected chi connectivity index (χ2v) is 4.76. The highest BCUT2D eigenvalue weighted by molar-refractivity contribution is 6.30. The summed E-state index contributed by atoms with van der Waals surface area (Å²) in [7, 11) is 0. The number of benzene rings is 1. The molecule has 0 aliphatic rings. The molecule has 0 unspecified atom stereocenters. The Morgan fingerprint density at radius 3 is 2.63 bits per heavy atom. The number of halogens is 1. The lowest BCUT2D eigenvalue weighted by Gasteiger charge is -2.12. The Bertz CT molecular complexity index is 614. The van der Waals surface area contributed by atoms with Gasteiger partial charge in [-0.05, 0) is 37.6 Å². The molecule has 0 aliphatic heterocycles. The maximum absolute atomic E-state index is 5.92. The molecular formula is C14H16ClN3O. The molecule has 0 fully saturated rings. The van der Waals surface area contributed by atoms with Crippen molar-refractivity contribution in [3.05, 3.63) is 40.2 Å². The summed E-state index contributed by atoms with van der Waals surface area (Å²) in [6.45, 7) is 5.75. The Hall–Kier alpha value is -1.81. The number of ether oxygens (including phenoxy) is 1. The van der Waals surface area contributed by atoms with Gasteiger partial charge in [-0.15, -0.1) is 0 Å². The van der Waals surface area contributed by atoms with Gasteiger partial charge in [0.05, 0.1) is 5.56 Å². The van der Waals surface area contributed by atoms with Crippen LogP contribution in [0.3, 0.4) is 0 Å². The molecule has 2 N–H and O–H groups in total. The van der Waals surface area contributed by atoms with Crippen molar-refractivity contribution in [1.82, 2.24) is 9.97 Å². The number of hydrogen-bond acceptors (Lipinski definition) is 4. The summed E-state index contributed by atoms with van der Waals surface area (Å²) in [5.41, 5.74) is 7.55. The zero-order valence-corrected chi connectivity index (χ0v) is 12.0. The number of anilines is 1. The van der Waals surface area contributed by atoms with Gasteiger partial charge in [0, 0.05) is 11.4 Å². The lowest BCUT2D eigenvalue weighted by atomic mass is 10.2. The summed E-state index contributed by atoms with van der Waals surface area (Å²) in [6, 6.07) is 5.45. The SMILES string of the molecule is CCc1nc(N)c(C)c(Oc2ccc(Cl)cc2C)n1. The Morgan fingerprint density at radius 1 is 1.26 bits per heavy atom. The van der Waals surface area contributed by atoms with Crippen LogP contribution in [0.2, 0.25) is 5.02 Å². The highest BCUT2D eigenvalue weighted by atomic mass is 35.5. The van der Waals surface area contributed by atoms with Crippen LogP contribution in [-0.4, -0.2) is 9.97 Å². The van der Waals surface area contributed by atoms with E-state index < -0.39 is 0 Å². The van der Waals surface area contributed by atoms with Crippen molar-refractivity contribution in [1.29, 1.82) is 0 Å². The highest BCUT2D eigenvalue weighted by Gasteiger charge is 2.11. The number of nitrogens with two attached hydrogens (primary N) is 1. The molecule has 0 saturated carbocycles. The molecule has 1 aromatic carbocycles. The van der Waals surface area contributed by atoms with Gasteiger partial charge in [0.15, 0.2) is 0 Å². The minimum absolute atomic E-state index is 0.452. The molecule has 2 aromatic rings. The molecule has 0 aliphatic carbocycles. The fourth-order valence-electron chi connectivity index (χ4n) is 1.65. The second kappa shape index (κ2) is 5.45. The van der Waals surface area contributed by atoms with Crippen LogP contribution in [0.25, 0.3) is 0 Å². The topological polar surface area (TPSA) is 61.0 Å². The number of rotatable bonds is 3. The largest absolute Gasteiger partial charge is 0.438 e. The number of hydrogen-bond donors (Lipinski definition) is 1. The van der Waals surface area contributed by atoms with E-state index in [1.807, 2.05) is 32.9 Å². The Kier molecular flexibility index (Phi) is 3.90. The van der Waals surface area contributed by atoms with Gasteiger partial charge in [-0.3, -0.25) is 0 Å². The van der Waals surface area contributed by atoms with Crippen LogP contribution in [0.1, 0.15) is 23.9 Å². The van der Waals surface area contributed by atoms with Gasteiger partial charge in [0.25, 0.3) is 0 Å². The molecule has 0 bridgehead atoms. The summed E-state index contributed by atoms with van der Waals surface area (Å²) >= 11 is 5.92. The van der Waals surface area contributed by atoms with Crippen LogP contribution in [0.15, 0.2) is 18.2 Å². The van der Waals surface area contributed by atoms with Gasteiger partial charge in [-0.25, -0.2) is 4.98 Å². The predicted molar refractivity (Wildman–Crippen MR) is 76.8 cm³/mol. The van der Waals surface area contributed by atoms with E-state index in [1.165, 1.54) is 0 Å². The molecule has 100 valence electrons. The third-order valence-electron chi connectivity index (χ3n) is 2.84. The summed E-state index contributed by atoms with van der Waals surface area (Å²) in [5.74, 6) is 2.33. The van der Waals surface area contributed by atoms with Gasteiger partial charge in [0.2, 0.25) is 5.88 Å². The average Bonchev–Trinajstić information content (AvgIpc) is 2.37. The van der Waals surface area contributed by atoms with Gasteiger partial charge < -0.3 is 10.5 Å². The van der Waals surface area contributed by atoms with E-state index in [4.69, 9.17) is 22.1 Å². The van der Waals surface area contributed by atoms with Crippen LogP contribution in [-0.2, 0) is 6.42 Å². The highest BCUT2D eigenvalue weighted by Crippen LogP contribution is 2.29. The maximum atomic E-state index is 5.92. The molecule has 5 heteroatoms. The monoisotopic (exact) mass is 277 g/mol. The van der Waals surface area contributed by atoms with Crippen LogP contribution in [0.4, 0.5) is 5.82 Å². The molecule has 0 saturated heterocycles. The van der Waals surface area contributed by atoms with Crippen molar-refractivity contribution < 1.29 is 4.74 Å². The van der Waals surface area contributed by atoms with Crippen LogP contribution < -0.4 is 10.5 Å². The summed E-state index contributed by atoms with van der Waals surface area (Å²) < 4.78 is 5.83. The quantitative estimate of drug-likeness (QED) is 0.929. The fraction of sp³-hybridized carbons (Fsp3) is 0.286. The minimum Gasteiger partial charge on any atom is -0.438 e. The van der Waals surface area contributed by atoms with E-state index in [9.17, 15) is 0 Å². The normalized spacial score (nSPS) is 10.5. The fourth-order valence-corrected chi connectivity index (χ4v) is 1.87. The molecule has 2 rings (SSSR count). The average molecular weight is 278 g/mol. The molecule has 19 heavy (non-hydrogen) atoms. The van der Waals surface area contributed by atoms with Crippen molar-refractivity contribution in [2.75, 3.05) is 5.73 Å². The minimum atomic E-state index is 0.452. The first-order valence-corrected chi connectivity index (χ1v) is 6.46. The predicted octanol–water partition coefficient (Wildman–Crippen LogP) is 3.68. The molecule has 0 spiro atoms. The lowest BCUT2D eigenvalue weighted by Crippen LogP contribution is -2.04. The second-order valence-electron chi connectivity index (χ2n) is 4.32. The number of nitrogens with zero attached hydrogens (tertiary/aromatic N) is 2. The third kappa shape index (κ3) is 2.96. The van der Waals surface area contributed by atoms with Gasteiger partial charge in [-0.2, -0.15) is 4.98 Å². The molecule has 1 heterocycles. The van der Waals surface area contributed by atoms with Crippen molar-refractivity contribution >= 4 is 17.4 Å².